The number of aliphatic hydroxyl groups excluding tert-OH is 1. The highest BCUT2D eigenvalue weighted by Gasteiger charge is 2.19. The van der Waals surface area contributed by atoms with Crippen molar-refractivity contribution in [2.75, 3.05) is 45.9 Å². The molecule has 0 aliphatic heterocycles. The average molecular weight is 711 g/mol. The molecule has 0 heterocycles. The third-order valence-electron chi connectivity index (χ3n) is 10.0. The Bertz CT molecular complexity index is 713. The van der Waals surface area contributed by atoms with Crippen LogP contribution in [0.25, 0.3) is 0 Å². The SMILES string of the molecule is CCCCCCCCCC(=O)OCCCCCC(O)C(CCCCOC(=O)CCCCCCCCC)CNCCCN(CCCC)CCCC. The molecule has 0 fully saturated rings. The average Bonchev–Trinajstić information content (AvgIpc) is 3.11. The summed E-state index contributed by atoms with van der Waals surface area (Å²) in [6.07, 6.45) is 30.0. The van der Waals surface area contributed by atoms with Gasteiger partial charge in [-0.2, -0.15) is 0 Å². The molecule has 7 nitrogen and oxygen atoms in total. The highest BCUT2D eigenvalue weighted by atomic mass is 16.5. The van der Waals surface area contributed by atoms with Gasteiger partial charge in [-0.25, -0.2) is 0 Å². The molecule has 0 aromatic carbocycles. The minimum atomic E-state index is -0.354. The van der Waals surface area contributed by atoms with E-state index in [1.807, 2.05) is 0 Å². The van der Waals surface area contributed by atoms with Gasteiger partial charge in [-0.05, 0) is 103 Å². The molecule has 0 saturated heterocycles. The number of unbranched alkanes of at least 4 members (excludes halogenated alkanes) is 17. The van der Waals surface area contributed by atoms with Gasteiger partial charge in [0.05, 0.1) is 19.3 Å². The number of ether oxygens (including phenoxy) is 2. The minimum Gasteiger partial charge on any atom is -0.466 e. The van der Waals surface area contributed by atoms with Crippen molar-refractivity contribution in [1.29, 1.82) is 0 Å². The Morgan fingerprint density at radius 2 is 0.940 bits per heavy atom. The van der Waals surface area contributed by atoms with Gasteiger partial charge >= 0.3 is 11.9 Å². The van der Waals surface area contributed by atoms with Crippen molar-refractivity contribution in [2.24, 2.45) is 5.92 Å². The van der Waals surface area contributed by atoms with E-state index in [0.717, 1.165) is 96.7 Å². The Morgan fingerprint density at radius 3 is 1.46 bits per heavy atom. The monoisotopic (exact) mass is 711 g/mol. The number of nitrogens with zero attached hydrogens (tertiary/aromatic N) is 1. The highest BCUT2D eigenvalue weighted by Crippen LogP contribution is 2.19. The van der Waals surface area contributed by atoms with Gasteiger partial charge in [0, 0.05) is 19.4 Å². The Morgan fingerprint density at radius 1 is 0.520 bits per heavy atom. The first-order valence-corrected chi connectivity index (χ1v) is 21.9. The first kappa shape index (κ1) is 48.8. The maximum atomic E-state index is 12.2. The lowest BCUT2D eigenvalue weighted by molar-refractivity contribution is -0.144. The summed E-state index contributed by atoms with van der Waals surface area (Å²) in [5.41, 5.74) is 0. The van der Waals surface area contributed by atoms with Crippen LogP contribution in [-0.2, 0) is 19.1 Å². The van der Waals surface area contributed by atoms with E-state index in [2.05, 4.69) is 37.9 Å². The predicted molar refractivity (Wildman–Crippen MR) is 213 cm³/mol. The van der Waals surface area contributed by atoms with Crippen molar-refractivity contribution < 1.29 is 24.2 Å². The van der Waals surface area contributed by atoms with Gasteiger partial charge in [-0.15, -0.1) is 0 Å². The third kappa shape index (κ3) is 33.9. The molecule has 2 N–H and O–H groups in total. The molecule has 0 rings (SSSR count). The van der Waals surface area contributed by atoms with Gasteiger partial charge in [0.25, 0.3) is 0 Å². The molecule has 0 spiro atoms. The fourth-order valence-electron chi connectivity index (χ4n) is 6.59. The van der Waals surface area contributed by atoms with Crippen molar-refractivity contribution in [3.63, 3.8) is 0 Å². The highest BCUT2D eigenvalue weighted by molar-refractivity contribution is 5.69. The fraction of sp³-hybridized carbons (Fsp3) is 0.953. The van der Waals surface area contributed by atoms with Crippen LogP contribution in [0.3, 0.4) is 0 Å². The summed E-state index contributed by atoms with van der Waals surface area (Å²) in [5.74, 6) is 0.0637. The molecule has 0 radical (unpaired) electrons. The zero-order chi connectivity index (χ0) is 36.8. The summed E-state index contributed by atoms with van der Waals surface area (Å²) >= 11 is 0. The van der Waals surface area contributed by atoms with Gasteiger partial charge in [0.2, 0.25) is 0 Å². The summed E-state index contributed by atoms with van der Waals surface area (Å²) in [6, 6.07) is 0. The van der Waals surface area contributed by atoms with E-state index in [1.54, 1.807) is 0 Å². The van der Waals surface area contributed by atoms with Crippen LogP contribution in [0.4, 0.5) is 0 Å². The summed E-state index contributed by atoms with van der Waals surface area (Å²) in [7, 11) is 0. The number of carbonyl (C=O) groups excluding carboxylic acids is 2. The van der Waals surface area contributed by atoms with Gasteiger partial charge in [0.15, 0.2) is 0 Å². The van der Waals surface area contributed by atoms with Crippen LogP contribution in [0.2, 0.25) is 0 Å². The zero-order valence-electron chi connectivity index (χ0n) is 33.9. The first-order chi connectivity index (χ1) is 24.5. The van der Waals surface area contributed by atoms with Crippen LogP contribution >= 0.6 is 0 Å². The summed E-state index contributed by atoms with van der Waals surface area (Å²) in [6.45, 7) is 15.3. The standard InChI is InChI=1S/C43H86N2O5/c1-5-9-13-15-17-19-23-31-42(47)49-37-26-21-22-30-41(46)40(39-44-33-28-36-45(34-11-7-3)35-12-8-4)29-25-27-38-50-43(48)32-24-20-18-16-14-10-6-2/h40-41,44,46H,5-39H2,1-4H3. The molecule has 50 heavy (non-hydrogen) atoms. The number of hydrogen-bond donors (Lipinski definition) is 2. The number of aliphatic hydroxyl groups is 1. The molecule has 2 atom stereocenters. The lowest BCUT2D eigenvalue weighted by atomic mass is 9.92. The molecular weight excluding hydrogens is 624 g/mol. The lowest BCUT2D eigenvalue weighted by Crippen LogP contribution is -2.34. The molecule has 0 saturated carbocycles. The number of carbonyl (C=O) groups is 2. The molecule has 0 aliphatic carbocycles. The number of hydrogen-bond acceptors (Lipinski definition) is 7. The van der Waals surface area contributed by atoms with Crippen LogP contribution in [0.5, 0.6) is 0 Å². The van der Waals surface area contributed by atoms with E-state index in [0.29, 0.717) is 26.1 Å². The molecule has 0 aromatic heterocycles. The Kier molecular flexibility index (Phi) is 38.1. The number of rotatable bonds is 40. The van der Waals surface area contributed by atoms with E-state index in [4.69, 9.17) is 9.47 Å². The zero-order valence-corrected chi connectivity index (χ0v) is 33.9. The van der Waals surface area contributed by atoms with E-state index >= 15 is 0 Å². The molecule has 0 aliphatic rings. The minimum absolute atomic E-state index is 0.0628. The summed E-state index contributed by atoms with van der Waals surface area (Å²) in [5, 5.41) is 14.9. The molecule has 0 amide bonds. The Labute approximate surface area is 311 Å². The van der Waals surface area contributed by atoms with Crippen molar-refractivity contribution in [1.82, 2.24) is 10.2 Å². The van der Waals surface area contributed by atoms with Crippen LogP contribution in [0.1, 0.15) is 207 Å². The van der Waals surface area contributed by atoms with Gasteiger partial charge < -0.3 is 24.8 Å². The molecule has 298 valence electrons. The second kappa shape index (κ2) is 39.0. The second-order valence-electron chi connectivity index (χ2n) is 15.0. The van der Waals surface area contributed by atoms with E-state index in [9.17, 15) is 14.7 Å². The number of nitrogens with one attached hydrogen (secondary N) is 1. The molecule has 7 heteroatoms. The summed E-state index contributed by atoms with van der Waals surface area (Å²) in [4.78, 5) is 26.9. The van der Waals surface area contributed by atoms with Gasteiger partial charge in [0.1, 0.15) is 0 Å². The fourth-order valence-corrected chi connectivity index (χ4v) is 6.59. The van der Waals surface area contributed by atoms with Crippen molar-refractivity contribution in [2.45, 2.75) is 214 Å². The second-order valence-corrected chi connectivity index (χ2v) is 15.0. The van der Waals surface area contributed by atoms with Crippen LogP contribution < -0.4 is 5.32 Å². The lowest BCUT2D eigenvalue weighted by Gasteiger charge is -2.25. The van der Waals surface area contributed by atoms with E-state index < -0.39 is 0 Å². The summed E-state index contributed by atoms with van der Waals surface area (Å²) < 4.78 is 11.0. The molecular formula is C43H86N2O5. The topological polar surface area (TPSA) is 88.1 Å². The van der Waals surface area contributed by atoms with E-state index in [-0.39, 0.29) is 24.0 Å². The van der Waals surface area contributed by atoms with Gasteiger partial charge in [-0.1, -0.05) is 124 Å². The van der Waals surface area contributed by atoms with Crippen molar-refractivity contribution in [3.8, 4) is 0 Å². The number of esters is 2. The smallest absolute Gasteiger partial charge is 0.305 e. The maximum absolute atomic E-state index is 12.2. The van der Waals surface area contributed by atoms with E-state index in [1.165, 1.54) is 103 Å². The normalized spacial score (nSPS) is 12.8. The van der Waals surface area contributed by atoms with Crippen molar-refractivity contribution >= 4 is 11.9 Å². The van der Waals surface area contributed by atoms with Crippen LogP contribution in [-0.4, -0.2) is 74.0 Å². The van der Waals surface area contributed by atoms with Gasteiger partial charge in [-0.3, -0.25) is 9.59 Å². The molecule has 0 bridgehead atoms. The maximum Gasteiger partial charge on any atom is 0.305 e. The van der Waals surface area contributed by atoms with Crippen LogP contribution in [0, 0.1) is 5.92 Å². The Balaban J connectivity index is 4.43. The molecule has 0 aromatic rings. The Hall–Kier alpha value is -1.18. The van der Waals surface area contributed by atoms with Crippen LogP contribution in [0.15, 0.2) is 0 Å². The predicted octanol–water partition coefficient (Wildman–Crippen LogP) is 10.9. The largest absolute Gasteiger partial charge is 0.466 e. The third-order valence-corrected chi connectivity index (χ3v) is 10.0. The first-order valence-electron chi connectivity index (χ1n) is 21.9. The van der Waals surface area contributed by atoms with Crippen molar-refractivity contribution in [3.05, 3.63) is 0 Å². The molecule has 2 unspecified atom stereocenters. The quantitative estimate of drug-likeness (QED) is 0.0483.